The van der Waals surface area contributed by atoms with Crippen LogP contribution >= 0.6 is 0 Å². The van der Waals surface area contributed by atoms with E-state index in [-0.39, 0.29) is 23.9 Å². The first kappa shape index (κ1) is 13.4. The fraction of sp³-hybridized carbons (Fsp3) is 0.412. The lowest BCUT2D eigenvalue weighted by Crippen LogP contribution is -2.42. The van der Waals surface area contributed by atoms with E-state index in [2.05, 4.69) is 5.32 Å². The molecule has 1 aromatic heterocycles. The van der Waals surface area contributed by atoms with Crippen LogP contribution in [-0.4, -0.2) is 39.9 Å². The van der Waals surface area contributed by atoms with Gasteiger partial charge in [-0.2, -0.15) is 0 Å². The number of rotatable bonds is 1. The first-order valence-corrected chi connectivity index (χ1v) is 7.78. The zero-order valence-electron chi connectivity index (χ0n) is 12.6. The Kier molecular flexibility index (Phi) is 2.96. The normalized spacial score (nSPS) is 24.4. The summed E-state index contributed by atoms with van der Waals surface area (Å²) in [5.41, 5.74) is 1.80. The van der Waals surface area contributed by atoms with Gasteiger partial charge in [-0.15, -0.1) is 0 Å². The molecule has 0 unspecified atom stereocenters. The highest BCUT2D eigenvalue weighted by Gasteiger charge is 2.41. The van der Waals surface area contributed by atoms with Crippen molar-refractivity contribution in [3.05, 3.63) is 36.0 Å². The van der Waals surface area contributed by atoms with Crippen LogP contribution in [0.1, 0.15) is 29.6 Å². The van der Waals surface area contributed by atoms with Gasteiger partial charge in [0.25, 0.3) is 5.91 Å². The number of hydrogen-bond donors (Lipinski definition) is 1. The van der Waals surface area contributed by atoms with E-state index in [9.17, 15) is 9.59 Å². The van der Waals surface area contributed by atoms with Crippen LogP contribution in [0.3, 0.4) is 0 Å². The molecule has 1 aromatic carbocycles. The van der Waals surface area contributed by atoms with Gasteiger partial charge in [-0.3, -0.25) is 9.59 Å². The van der Waals surface area contributed by atoms with Crippen molar-refractivity contribution in [3.63, 3.8) is 0 Å². The second kappa shape index (κ2) is 4.87. The lowest BCUT2D eigenvalue weighted by Gasteiger charge is -2.27. The van der Waals surface area contributed by atoms with Gasteiger partial charge in [0.2, 0.25) is 5.91 Å². The Morgan fingerprint density at radius 2 is 2.00 bits per heavy atom. The van der Waals surface area contributed by atoms with Crippen LogP contribution in [0.15, 0.2) is 30.5 Å². The highest BCUT2D eigenvalue weighted by atomic mass is 16.2. The van der Waals surface area contributed by atoms with Crippen LogP contribution < -0.4 is 5.32 Å². The minimum Gasteiger partial charge on any atom is -0.354 e. The van der Waals surface area contributed by atoms with Gasteiger partial charge in [-0.1, -0.05) is 18.2 Å². The van der Waals surface area contributed by atoms with Crippen LogP contribution in [-0.2, 0) is 11.8 Å². The molecule has 114 valence electrons. The molecule has 2 aromatic rings. The highest BCUT2D eigenvalue weighted by molar-refractivity contribution is 6.07. The minimum atomic E-state index is 0.0407. The second-order valence-corrected chi connectivity index (χ2v) is 6.28. The third-order valence-electron chi connectivity index (χ3n) is 4.94. The van der Waals surface area contributed by atoms with Crippen LogP contribution in [0.4, 0.5) is 0 Å². The first-order chi connectivity index (χ1) is 10.6. The van der Waals surface area contributed by atoms with Crippen molar-refractivity contribution in [3.8, 4) is 0 Å². The third-order valence-corrected chi connectivity index (χ3v) is 4.94. The SMILES string of the molecule is Cn1cc(C(=O)N2[C@@H]3CC[C@H]2CNC(=O)C3)c2ccccc21. The molecule has 0 saturated carbocycles. The molecule has 4 rings (SSSR count). The number of aromatic nitrogens is 1. The maximum atomic E-state index is 13.1. The Morgan fingerprint density at radius 3 is 2.86 bits per heavy atom. The molecule has 2 amide bonds. The van der Waals surface area contributed by atoms with Gasteiger partial charge < -0.3 is 14.8 Å². The molecule has 0 spiro atoms. The average molecular weight is 297 g/mol. The van der Waals surface area contributed by atoms with E-state index in [0.29, 0.717) is 13.0 Å². The van der Waals surface area contributed by atoms with E-state index in [1.165, 1.54) is 0 Å². The van der Waals surface area contributed by atoms with Crippen LogP contribution in [0.2, 0.25) is 0 Å². The van der Waals surface area contributed by atoms with Gasteiger partial charge in [0, 0.05) is 49.2 Å². The molecule has 3 heterocycles. The molecule has 5 heteroatoms. The molecule has 2 bridgehead atoms. The molecular formula is C17H19N3O2. The number of amides is 2. The summed E-state index contributed by atoms with van der Waals surface area (Å²) in [5.74, 6) is 0.115. The molecule has 1 N–H and O–H groups in total. The Morgan fingerprint density at radius 1 is 1.23 bits per heavy atom. The van der Waals surface area contributed by atoms with Crippen molar-refractivity contribution in [2.75, 3.05) is 6.54 Å². The number of para-hydroxylation sites is 1. The summed E-state index contributed by atoms with van der Waals surface area (Å²) in [4.78, 5) is 26.8. The monoisotopic (exact) mass is 297 g/mol. The molecule has 2 fully saturated rings. The molecule has 2 aliphatic heterocycles. The second-order valence-electron chi connectivity index (χ2n) is 6.28. The first-order valence-electron chi connectivity index (χ1n) is 7.78. The number of nitrogens with one attached hydrogen (secondary N) is 1. The van der Waals surface area contributed by atoms with E-state index in [0.717, 1.165) is 29.3 Å². The summed E-state index contributed by atoms with van der Waals surface area (Å²) < 4.78 is 1.99. The molecule has 22 heavy (non-hydrogen) atoms. The molecular weight excluding hydrogens is 278 g/mol. The van der Waals surface area contributed by atoms with E-state index >= 15 is 0 Å². The van der Waals surface area contributed by atoms with Crippen LogP contribution in [0.25, 0.3) is 10.9 Å². The zero-order valence-corrected chi connectivity index (χ0v) is 12.6. The van der Waals surface area contributed by atoms with Gasteiger partial charge in [0.15, 0.2) is 0 Å². The summed E-state index contributed by atoms with van der Waals surface area (Å²) in [6.45, 7) is 0.575. The van der Waals surface area contributed by atoms with Crippen molar-refractivity contribution < 1.29 is 9.59 Å². The lowest BCUT2D eigenvalue weighted by molar-refractivity contribution is -0.121. The fourth-order valence-electron chi connectivity index (χ4n) is 3.86. The van der Waals surface area contributed by atoms with Gasteiger partial charge in [-0.05, 0) is 18.9 Å². The van der Waals surface area contributed by atoms with E-state index in [4.69, 9.17) is 0 Å². The Bertz CT molecular complexity index is 764. The summed E-state index contributed by atoms with van der Waals surface area (Å²) in [7, 11) is 1.96. The number of fused-ring (bicyclic) bond motifs is 3. The third kappa shape index (κ3) is 1.92. The molecule has 2 saturated heterocycles. The van der Waals surface area contributed by atoms with Gasteiger partial charge in [0.1, 0.15) is 0 Å². The Balaban J connectivity index is 1.76. The van der Waals surface area contributed by atoms with E-state index in [1.807, 2.05) is 47.0 Å². The van der Waals surface area contributed by atoms with Crippen LogP contribution in [0.5, 0.6) is 0 Å². The zero-order chi connectivity index (χ0) is 15.3. The number of aryl methyl sites for hydroxylation is 1. The topological polar surface area (TPSA) is 54.3 Å². The van der Waals surface area contributed by atoms with Crippen molar-refractivity contribution in [2.24, 2.45) is 7.05 Å². The largest absolute Gasteiger partial charge is 0.354 e. The van der Waals surface area contributed by atoms with Crippen molar-refractivity contribution in [2.45, 2.75) is 31.3 Å². The molecule has 0 aliphatic carbocycles. The molecule has 2 aliphatic rings. The number of hydrogen-bond acceptors (Lipinski definition) is 2. The maximum Gasteiger partial charge on any atom is 0.256 e. The smallest absolute Gasteiger partial charge is 0.256 e. The molecule has 5 nitrogen and oxygen atoms in total. The average Bonchev–Trinajstić information content (AvgIpc) is 3.00. The molecule has 0 radical (unpaired) electrons. The number of benzene rings is 1. The summed E-state index contributed by atoms with van der Waals surface area (Å²) in [6, 6.07) is 8.12. The molecule has 2 atom stereocenters. The summed E-state index contributed by atoms with van der Waals surface area (Å²) in [5, 5.41) is 3.90. The van der Waals surface area contributed by atoms with Gasteiger partial charge >= 0.3 is 0 Å². The Labute approximate surface area is 128 Å². The predicted molar refractivity (Wildman–Crippen MR) is 83.5 cm³/mol. The summed E-state index contributed by atoms with van der Waals surface area (Å²) in [6.07, 6.45) is 4.23. The van der Waals surface area contributed by atoms with Crippen molar-refractivity contribution in [1.82, 2.24) is 14.8 Å². The van der Waals surface area contributed by atoms with E-state index < -0.39 is 0 Å². The summed E-state index contributed by atoms with van der Waals surface area (Å²) >= 11 is 0. The van der Waals surface area contributed by atoms with Crippen molar-refractivity contribution in [1.29, 1.82) is 0 Å². The minimum absolute atomic E-state index is 0.0407. The standard InChI is InChI=1S/C17H19N3O2/c1-19-10-14(13-4-2-3-5-15(13)19)17(22)20-11-6-7-12(20)9-18-16(21)8-11/h2-5,10-12H,6-9H2,1H3,(H,18,21)/t11-,12+/m1/s1. The number of nitrogens with zero attached hydrogens (tertiary/aromatic N) is 2. The van der Waals surface area contributed by atoms with Crippen molar-refractivity contribution >= 4 is 22.7 Å². The maximum absolute atomic E-state index is 13.1. The number of carbonyl (C=O) groups is 2. The van der Waals surface area contributed by atoms with Crippen LogP contribution in [0, 0.1) is 0 Å². The Hall–Kier alpha value is -2.30. The number of carbonyl (C=O) groups excluding carboxylic acids is 2. The fourth-order valence-corrected chi connectivity index (χ4v) is 3.86. The van der Waals surface area contributed by atoms with Gasteiger partial charge in [0.05, 0.1) is 5.56 Å². The quantitative estimate of drug-likeness (QED) is 0.870. The predicted octanol–water partition coefficient (Wildman–Crippen LogP) is 1.67. The lowest BCUT2D eigenvalue weighted by atomic mass is 10.1. The van der Waals surface area contributed by atoms with E-state index in [1.54, 1.807) is 0 Å². The van der Waals surface area contributed by atoms with Gasteiger partial charge in [-0.25, -0.2) is 0 Å². The highest BCUT2D eigenvalue weighted by Crippen LogP contribution is 2.32.